The Morgan fingerprint density at radius 3 is 1.67 bits per heavy atom. The fourth-order valence-electron chi connectivity index (χ4n) is 3.66. The number of hydrogen-bond donors (Lipinski definition) is 0. The molecular formula is C26H16N2O2S3. The number of rotatable bonds is 6. The van der Waals surface area contributed by atoms with Crippen molar-refractivity contribution in [2.45, 2.75) is 0 Å². The maximum Gasteiger partial charge on any atom is 0.181 e. The molecule has 4 nitrogen and oxygen atoms in total. The van der Waals surface area contributed by atoms with E-state index in [0.29, 0.717) is 11.5 Å². The maximum absolute atomic E-state index is 6.59. The molecule has 0 spiro atoms. The molecule has 6 aromatic rings. The fraction of sp³-hybridized carbons (Fsp3) is 0. The summed E-state index contributed by atoms with van der Waals surface area (Å²) in [6.45, 7) is 0. The van der Waals surface area contributed by atoms with Crippen molar-refractivity contribution in [2.24, 2.45) is 0 Å². The van der Waals surface area contributed by atoms with Gasteiger partial charge in [-0.1, -0.05) is 53.0 Å². The van der Waals surface area contributed by atoms with E-state index < -0.39 is 0 Å². The first-order valence-corrected chi connectivity index (χ1v) is 12.8. The molecule has 3 aromatic heterocycles. The highest BCUT2D eigenvalue weighted by atomic mass is 32.1. The minimum absolute atomic E-state index is 0.635. The summed E-state index contributed by atoms with van der Waals surface area (Å²) in [5, 5.41) is 8.66. The molecule has 0 N–H and O–H groups in total. The van der Waals surface area contributed by atoms with E-state index in [-0.39, 0.29) is 0 Å². The summed E-state index contributed by atoms with van der Waals surface area (Å²) < 4.78 is 18.5. The molecular weight excluding hydrogens is 468 g/mol. The van der Waals surface area contributed by atoms with Gasteiger partial charge in [0.2, 0.25) is 0 Å². The molecule has 7 heteroatoms. The van der Waals surface area contributed by atoms with Gasteiger partial charge in [0, 0.05) is 9.75 Å². The van der Waals surface area contributed by atoms with Crippen molar-refractivity contribution in [1.82, 2.24) is 9.59 Å². The Morgan fingerprint density at radius 2 is 1.12 bits per heavy atom. The lowest BCUT2D eigenvalue weighted by Gasteiger charge is -2.19. The zero-order valence-electron chi connectivity index (χ0n) is 17.2. The molecule has 0 radical (unpaired) electrons. The minimum atomic E-state index is 0.635. The van der Waals surface area contributed by atoms with Crippen LogP contribution in [0.1, 0.15) is 0 Å². The number of para-hydroxylation sites is 2. The van der Waals surface area contributed by atoms with E-state index in [1.54, 1.807) is 22.7 Å². The van der Waals surface area contributed by atoms with E-state index >= 15 is 0 Å². The first-order chi connectivity index (χ1) is 16.4. The lowest BCUT2D eigenvalue weighted by Crippen LogP contribution is -1.97. The molecule has 3 heterocycles. The van der Waals surface area contributed by atoms with Gasteiger partial charge in [-0.2, -0.15) is 0 Å². The van der Waals surface area contributed by atoms with E-state index in [1.165, 1.54) is 11.5 Å². The van der Waals surface area contributed by atoms with Gasteiger partial charge in [-0.05, 0) is 58.7 Å². The number of thiophene rings is 2. The molecule has 33 heavy (non-hydrogen) atoms. The van der Waals surface area contributed by atoms with Crippen molar-refractivity contribution in [1.29, 1.82) is 0 Å². The third kappa shape index (κ3) is 3.80. The molecule has 0 amide bonds. The van der Waals surface area contributed by atoms with Crippen LogP contribution in [0.5, 0.6) is 23.0 Å². The zero-order valence-corrected chi connectivity index (χ0v) is 19.6. The van der Waals surface area contributed by atoms with Crippen LogP contribution < -0.4 is 9.47 Å². The summed E-state index contributed by atoms with van der Waals surface area (Å²) in [6.07, 6.45) is 0. The average Bonchev–Trinajstić information content (AvgIpc) is 3.64. The van der Waals surface area contributed by atoms with Gasteiger partial charge < -0.3 is 9.47 Å². The summed E-state index contributed by atoms with van der Waals surface area (Å²) >= 11 is 4.67. The lowest BCUT2D eigenvalue weighted by molar-refractivity contribution is 0.422. The molecule has 0 aliphatic heterocycles. The van der Waals surface area contributed by atoms with Crippen LogP contribution in [-0.2, 0) is 0 Å². The molecule has 160 valence electrons. The fourth-order valence-corrected chi connectivity index (χ4v) is 5.99. The number of hydrogen-bond acceptors (Lipinski definition) is 7. The number of ether oxygens (including phenoxy) is 2. The predicted octanol–water partition coefficient (Wildman–Crippen LogP) is 8.73. The third-order valence-corrected chi connectivity index (χ3v) is 7.59. The Hall–Kier alpha value is -3.52. The van der Waals surface area contributed by atoms with E-state index in [0.717, 1.165) is 42.6 Å². The Balaban J connectivity index is 1.70. The standard InChI is InChI=1S/C26H16N2O2S3/c1-3-9-17(10-4-1)29-24-21(19-13-7-15-31-19)23-26(33-28-27-23)22(20-14-8-16-32-20)25(24)30-18-11-5-2-6-12-18/h1-16H. The van der Waals surface area contributed by atoms with Gasteiger partial charge in [-0.25, -0.2) is 0 Å². The van der Waals surface area contributed by atoms with Crippen molar-refractivity contribution in [3.05, 3.63) is 95.7 Å². The van der Waals surface area contributed by atoms with Crippen LogP contribution in [-0.4, -0.2) is 9.59 Å². The monoisotopic (exact) mass is 484 g/mol. The zero-order chi connectivity index (χ0) is 22.0. The van der Waals surface area contributed by atoms with Gasteiger partial charge in [0.25, 0.3) is 0 Å². The minimum Gasteiger partial charge on any atom is -0.453 e. The Bertz CT molecular complexity index is 1380. The normalized spacial score (nSPS) is 11.0. The predicted molar refractivity (Wildman–Crippen MR) is 137 cm³/mol. The Morgan fingerprint density at radius 1 is 0.576 bits per heavy atom. The van der Waals surface area contributed by atoms with Crippen molar-refractivity contribution in [3.8, 4) is 43.9 Å². The SMILES string of the molecule is c1ccc(Oc2c(Oc3ccccc3)c(-c3cccs3)c3snnc3c2-c2cccs2)cc1. The maximum atomic E-state index is 6.59. The molecule has 0 aliphatic rings. The third-order valence-electron chi connectivity index (χ3n) is 5.07. The van der Waals surface area contributed by atoms with Gasteiger partial charge >= 0.3 is 0 Å². The Labute approximate surface area is 202 Å². The Kier molecular flexibility index (Phi) is 5.35. The topological polar surface area (TPSA) is 44.2 Å². The molecule has 0 aliphatic carbocycles. The van der Waals surface area contributed by atoms with Crippen LogP contribution in [0.15, 0.2) is 95.7 Å². The number of benzene rings is 3. The molecule has 3 aromatic carbocycles. The van der Waals surface area contributed by atoms with Crippen molar-refractivity contribution >= 4 is 44.4 Å². The number of nitrogens with zero attached hydrogens (tertiary/aromatic N) is 2. The van der Waals surface area contributed by atoms with E-state index in [2.05, 4.69) is 32.5 Å². The number of aromatic nitrogens is 2. The summed E-state index contributed by atoms with van der Waals surface area (Å²) in [7, 11) is 0. The second-order valence-corrected chi connectivity index (χ2v) is 9.79. The number of fused-ring (bicyclic) bond motifs is 1. The van der Waals surface area contributed by atoms with Crippen LogP contribution in [0.4, 0.5) is 0 Å². The van der Waals surface area contributed by atoms with Crippen molar-refractivity contribution < 1.29 is 9.47 Å². The summed E-state index contributed by atoms with van der Waals surface area (Å²) in [5.74, 6) is 2.76. The van der Waals surface area contributed by atoms with Gasteiger partial charge in [-0.3, -0.25) is 0 Å². The van der Waals surface area contributed by atoms with E-state index in [4.69, 9.17) is 9.47 Å². The molecule has 0 unspecified atom stereocenters. The van der Waals surface area contributed by atoms with Crippen LogP contribution in [0.25, 0.3) is 31.1 Å². The second-order valence-electron chi connectivity index (χ2n) is 7.14. The quantitative estimate of drug-likeness (QED) is 0.237. The van der Waals surface area contributed by atoms with Gasteiger partial charge in [-0.15, -0.1) is 27.8 Å². The largest absolute Gasteiger partial charge is 0.453 e. The molecule has 0 saturated carbocycles. The molecule has 0 fully saturated rings. The van der Waals surface area contributed by atoms with Crippen molar-refractivity contribution in [2.75, 3.05) is 0 Å². The highest BCUT2D eigenvalue weighted by Crippen LogP contribution is 2.54. The van der Waals surface area contributed by atoms with Crippen LogP contribution >= 0.6 is 34.2 Å². The van der Waals surface area contributed by atoms with Crippen LogP contribution in [0.3, 0.4) is 0 Å². The van der Waals surface area contributed by atoms with Gasteiger partial charge in [0.15, 0.2) is 11.5 Å². The first kappa shape index (κ1) is 20.1. The lowest BCUT2D eigenvalue weighted by atomic mass is 10.0. The average molecular weight is 485 g/mol. The molecule has 0 atom stereocenters. The molecule has 0 bridgehead atoms. The molecule has 0 saturated heterocycles. The van der Waals surface area contributed by atoms with Crippen molar-refractivity contribution in [3.63, 3.8) is 0 Å². The van der Waals surface area contributed by atoms with Crippen LogP contribution in [0, 0.1) is 0 Å². The summed E-state index contributed by atoms with van der Waals surface area (Å²) in [5.41, 5.74) is 2.66. The molecule has 6 rings (SSSR count). The van der Waals surface area contributed by atoms with E-state index in [9.17, 15) is 0 Å². The van der Waals surface area contributed by atoms with Gasteiger partial charge in [0.05, 0.1) is 15.8 Å². The summed E-state index contributed by atoms with van der Waals surface area (Å²) in [4.78, 5) is 2.13. The van der Waals surface area contributed by atoms with E-state index in [1.807, 2.05) is 72.8 Å². The van der Waals surface area contributed by atoms with Crippen LogP contribution in [0.2, 0.25) is 0 Å². The van der Waals surface area contributed by atoms with Gasteiger partial charge in [0.1, 0.15) is 17.0 Å². The first-order valence-electron chi connectivity index (χ1n) is 10.2. The highest BCUT2D eigenvalue weighted by Gasteiger charge is 2.28. The highest BCUT2D eigenvalue weighted by molar-refractivity contribution is 7.17. The second kappa shape index (κ2) is 8.78. The summed E-state index contributed by atoms with van der Waals surface area (Å²) in [6, 6.07) is 27.8. The smallest absolute Gasteiger partial charge is 0.181 e.